The number of carbonyl (C=O) groups is 2. The molecule has 1 aliphatic heterocycles. The first-order chi connectivity index (χ1) is 15.9. The van der Waals surface area contributed by atoms with Crippen molar-refractivity contribution in [1.82, 2.24) is 4.72 Å². The molecule has 1 aliphatic rings. The highest BCUT2D eigenvalue weighted by Crippen LogP contribution is 2.31. The van der Waals surface area contributed by atoms with E-state index in [1.54, 1.807) is 26.0 Å². The van der Waals surface area contributed by atoms with E-state index in [1.807, 2.05) is 12.1 Å². The molecule has 0 fully saturated rings. The van der Waals surface area contributed by atoms with Crippen LogP contribution >= 0.6 is 0 Å². The molecular weight excluding hydrogens is 473 g/mol. The number of anilines is 1. The fourth-order valence-electron chi connectivity index (χ4n) is 3.60. The van der Waals surface area contributed by atoms with E-state index in [9.17, 15) is 31.2 Å². The summed E-state index contributed by atoms with van der Waals surface area (Å²) in [6, 6.07) is 9.17. The van der Waals surface area contributed by atoms with E-state index in [-0.39, 0.29) is 0 Å². The minimum absolute atomic E-state index is 0.373. The van der Waals surface area contributed by atoms with Crippen LogP contribution in [0.5, 0.6) is 0 Å². The molecular formula is C23H25F3N2O5S. The summed E-state index contributed by atoms with van der Waals surface area (Å²) in [6.45, 7) is 3.16. The van der Waals surface area contributed by atoms with Gasteiger partial charge in [-0.05, 0) is 42.2 Å². The van der Waals surface area contributed by atoms with E-state index >= 15 is 0 Å². The van der Waals surface area contributed by atoms with Crippen LogP contribution in [-0.4, -0.2) is 39.5 Å². The lowest BCUT2D eigenvalue weighted by Gasteiger charge is -2.23. The van der Waals surface area contributed by atoms with Gasteiger partial charge in [-0.2, -0.15) is 17.9 Å². The number of hydrogen-bond donors (Lipinski definition) is 1. The van der Waals surface area contributed by atoms with Crippen molar-refractivity contribution in [2.24, 2.45) is 5.92 Å². The van der Waals surface area contributed by atoms with Crippen molar-refractivity contribution in [3.8, 4) is 0 Å². The molecule has 2 atom stereocenters. The summed E-state index contributed by atoms with van der Waals surface area (Å²) >= 11 is 0. The van der Waals surface area contributed by atoms with Gasteiger partial charge in [0, 0.05) is 12.2 Å². The maximum absolute atomic E-state index is 13.0. The molecule has 2 aromatic rings. The minimum atomic E-state index is -4.73. The molecule has 184 valence electrons. The Kier molecular flexibility index (Phi) is 7.67. The van der Waals surface area contributed by atoms with Crippen LogP contribution in [0.2, 0.25) is 0 Å². The maximum atomic E-state index is 13.0. The number of amides is 1. The molecule has 1 amide bonds. The van der Waals surface area contributed by atoms with Crippen LogP contribution in [0.3, 0.4) is 0 Å². The van der Waals surface area contributed by atoms with Crippen molar-refractivity contribution in [1.29, 1.82) is 0 Å². The van der Waals surface area contributed by atoms with E-state index < -0.39 is 57.1 Å². The minimum Gasteiger partial charge on any atom is -0.454 e. The van der Waals surface area contributed by atoms with Gasteiger partial charge < -0.3 is 9.64 Å². The van der Waals surface area contributed by atoms with Crippen molar-refractivity contribution in [2.75, 3.05) is 18.1 Å². The van der Waals surface area contributed by atoms with Crippen LogP contribution < -0.4 is 9.62 Å². The summed E-state index contributed by atoms with van der Waals surface area (Å²) in [5.74, 6) is -1.98. The summed E-state index contributed by atoms with van der Waals surface area (Å²) in [4.78, 5) is 26.2. The molecule has 11 heteroatoms. The van der Waals surface area contributed by atoms with Gasteiger partial charge in [-0.3, -0.25) is 9.59 Å². The van der Waals surface area contributed by atoms with Crippen LogP contribution in [0.25, 0.3) is 0 Å². The van der Waals surface area contributed by atoms with E-state index in [0.29, 0.717) is 25.5 Å². The Hall–Kier alpha value is -2.92. The summed E-state index contributed by atoms with van der Waals surface area (Å²) < 4.78 is 71.8. The van der Waals surface area contributed by atoms with Crippen LogP contribution in [0.15, 0.2) is 53.4 Å². The monoisotopic (exact) mass is 498 g/mol. The highest BCUT2D eigenvalue weighted by atomic mass is 32.2. The van der Waals surface area contributed by atoms with Gasteiger partial charge in [-0.15, -0.1) is 0 Å². The van der Waals surface area contributed by atoms with Gasteiger partial charge in [0.2, 0.25) is 10.0 Å². The van der Waals surface area contributed by atoms with Crippen LogP contribution in [-0.2, 0) is 36.9 Å². The van der Waals surface area contributed by atoms with E-state index in [4.69, 9.17) is 4.74 Å². The molecule has 34 heavy (non-hydrogen) atoms. The SMILES string of the molecule is CC[C@H](C)[C@@H](NS(=O)(=O)c1cccc(C(F)(F)F)c1)C(=O)OCC(=O)N1CCc2ccccc21. The second kappa shape index (κ2) is 10.1. The third-order valence-corrected chi connectivity index (χ3v) is 7.19. The predicted octanol–water partition coefficient (Wildman–Crippen LogP) is 3.53. The summed E-state index contributed by atoms with van der Waals surface area (Å²) in [5.41, 5.74) is 0.593. The third-order valence-electron chi connectivity index (χ3n) is 5.75. The number of fused-ring (bicyclic) bond motifs is 1. The molecule has 0 spiro atoms. The highest BCUT2D eigenvalue weighted by molar-refractivity contribution is 7.89. The lowest BCUT2D eigenvalue weighted by molar-refractivity contribution is -0.150. The lowest BCUT2D eigenvalue weighted by atomic mass is 10.0. The predicted molar refractivity (Wildman–Crippen MR) is 118 cm³/mol. The molecule has 0 unspecified atom stereocenters. The molecule has 7 nitrogen and oxygen atoms in total. The second-order valence-electron chi connectivity index (χ2n) is 8.04. The number of para-hydroxylation sites is 1. The van der Waals surface area contributed by atoms with Gasteiger partial charge >= 0.3 is 12.1 Å². The Balaban J connectivity index is 1.72. The number of halogens is 3. The zero-order valence-corrected chi connectivity index (χ0v) is 19.4. The van der Waals surface area contributed by atoms with Gasteiger partial charge in [0.1, 0.15) is 6.04 Å². The van der Waals surface area contributed by atoms with E-state index in [1.165, 1.54) is 4.90 Å². The quantitative estimate of drug-likeness (QED) is 0.562. The molecule has 2 aromatic carbocycles. The van der Waals surface area contributed by atoms with Crippen molar-refractivity contribution in [3.63, 3.8) is 0 Å². The topological polar surface area (TPSA) is 92.8 Å². The molecule has 3 rings (SSSR count). The normalized spacial score (nSPS) is 15.5. The van der Waals surface area contributed by atoms with Crippen LogP contribution in [0.1, 0.15) is 31.4 Å². The number of rotatable bonds is 8. The number of carbonyl (C=O) groups excluding carboxylic acids is 2. The first kappa shape index (κ1) is 25.7. The molecule has 1 heterocycles. The Morgan fingerprint density at radius 1 is 1.15 bits per heavy atom. The largest absolute Gasteiger partial charge is 0.454 e. The van der Waals surface area contributed by atoms with Gasteiger partial charge in [0.05, 0.1) is 10.5 Å². The third kappa shape index (κ3) is 5.76. The summed E-state index contributed by atoms with van der Waals surface area (Å²) in [6.07, 6.45) is -3.68. The Morgan fingerprint density at radius 3 is 2.53 bits per heavy atom. The number of ether oxygens (including phenoxy) is 1. The van der Waals surface area contributed by atoms with Gasteiger partial charge in [-0.1, -0.05) is 44.5 Å². The number of benzene rings is 2. The Morgan fingerprint density at radius 2 is 1.85 bits per heavy atom. The van der Waals surface area contributed by atoms with Crippen LogP contribution in [0, 0.1) is 5.92 Å². The number of esters is 1. The zero-order chi connectivity index (χ0) is 25.1. The summed E-state index contributed by atoms with van der Waals surface area (Å²) in [5, 5.41) is 0. The molecule has 0 bridgehead atoms. The molecule has 0 radical (unpaired) electrons. The smallest absolute Gasteiger partial charge is 0.416 e. The Labute approximate surface area is 196 Å². The van der Waals surface area contributed by atoms with Crippen molar-refractivity contribution in [2.45, 2.75) is 43.8 Å². The number of nitrogens with one attached hydrogen (secondary N) is 1. The molecule has 0 saturated heterocycles. The van der Waals surface area contributed by atoms with Gasteiger partial charge in [0.15, 0.2) is 6.61 Å². The van der Waals surface area contributed by atoms with Gasteiger partial charge in [-0.25, -0.2) is 8.42 Å². The molecule has 0 aliphatic carbocycles. The number of sulfonamides is 1. The molecule has 0 aromatic heterocycles. The van der Waals surface area contributed by atoms with Crippen LogP contribution in [0.4, 0.5) is 18.9 Å². The first-order valence-corrected chi connectivity index (χ1v) is 12.2. The second-order valence-corrected chi connectivity index (χ2v) is 9.76. The lowest BCUT2D eigenvalue weighted by Crippen LogP contribution is -2.46. The number of hydrogen-bond acceptors (Lipinski definition) is 5. The fraction of sp³-hybridized carbons (Fsp3) is 0.391. The zero-order valence-electron chi connectivity index (χ0n) is 18.6. The fourth-order valence-corrected chi connectivity index (χ4v) is 4.94. The Bertz CT molecular complexity index is 1170. The maximum Gasteiger partial charge on any atom is 0.416 e. The van der Waals surface area contributed by atoms with Crippen molar-refractivity contribution >= 4 is 27.6 Å². The first-order valence-electron chi connectivity index (χ1n) is 10.7. The highest BCUT2D eigenvalue weighted by Gasteiger charge is 2.35. The van der Waals surface area contributed by atoms with E-state index in [2.05, 4.69) is 4.72 Å². The number of alkyl halides is 3. The molecule has 0 saturated carbocycles. The average Bonchev–Trinajstić information content (AvgIpc) is 3.24. The average molecular weight is 499 g/mol. The van der Waals surface area contributed by atoms with Gasteiger partial charge in [0.25, 0.3) is 5.91 Å². The standard InChI is InChI=1S/C23H25F3N2O5S/c1-3-15(2)21(27-34(31,32)18-9-6-8-17(13-18)23(24,25)26)22(30)33-14-20(29)28-12-11-16-7-4-5-10-19(16)28/h4-10,13,15,21,27H,3,11-12,14H2,1-2H3/t15-,21+/m0/s1. The van der Waals surface area contributed by atoms with Crippen molar-refractivity contribution in [3.05, 3.63) is 59.7 Å². The number of nitrogens with zero attached hydrogens (tertiary/aromatic N) is 1. The van der Waals surface area contributed by atoms with Crippen molar-refractivity contribution < 1.29 is 35.9 Å². The summed E-state index contributed by atoms with van der Waals surface area (Å²) in [7, 11) is -4.48. The van der Waals surface area contributed by atoms with E-state index in [0.717, 1.165) is 29.4 Å². The molecule has 1 N–H and O–H groups in total.